The van der Waals surface area contributed by atoms with Crippen molar-refractivity contribution in [1.29, 1.82) is 0 Å². The monoisotopic (exact) mass is 426 g/mol. The molecule has 4 rings (SSSR count). The lowest BCUT2D eigenvalue weighted by molar-refractivity contribution is -0.127. The fourth-order valence-electron chi connectivity index (χ4n) is 3.80. The summed E-state index contributed by atoms with van der Waals surface area (Å²) in [6.45, 7) is 2.31. The Morgan fingerprint density at radius 2 is 1.70 bits per heavy atom. The van der Waals surface area contributed by atoms with Crippen LogP contribution in [-0.4, -0.2) is 61.5 Å². The van der Waals surface area contributed by atoms with Gasteiger partial charge in [-0.1, -0.05) is 35.9 Å². The van der Waals surface area contributed by atoms with E-state index in [0.29, 0.717) is 60.3 Å². The molecule has 2 aliphatic rings. The predicted molar refractivity (Wildman–Crippen MR) is 115 cm³/mol. The molecular formula is C23H23ClN2O4. The van der Waals surface area contributed by atoms with Gasteiger partial charge in [-0.2, -0.15) is 0 Å². The van der Waals surface area contributed by atoms with Crippen LogP contribution in [-0.2, 0) is 4.79 Å². The van der Waals surface area contributed by atoms with Crippen molar-refractivity contribution in [2.24, 2.45) is 0 Å². The largest absolute Gasteiger partial charge is 0.493 e. The maximum absolute atomic E-state index is 13.1. The van der Waals surface area contributed by atoms with E-state index in [9.17, 15) is 9.59 Å². The molecule has 156 valence electrons. The van der Waals surface area contributed by atoms with Crippen LogP contribution in [0.4, 0.5) is 0 Å². The molecule has 0 atom stereocenters. The Bertz CT molecular complexity index is 1000. The number of methoxy groups -OCH3 is 1. The van der Waals surface area contributed by atoms with E-state index in [1.54, 1.807) is 41.2 Å². The SMILES string of the molecule is COc1cccc2c1OCC(C(=O)N1CCCN(C(=O)c3ccccc3Cl)CC1)=C2. The number of amides is 2. The van der Waals surface area contributed by atoms with Crippen LogP contribution in [0, 0.1) is 0 Å². The summed E-state index contributed by atoms with van der Waals surface area (Å²) >= 11 is 6.18. The Morgan fingerprint density at radius 3 is 2.43 bits per heavy atom. The summed E-state index contributed by atoms with van der Waals surface area (Å²) < 4.78 is 11.1. The summed E-state index contributed by atoms with van der Waals surface area (Å²) in [5, 5.41) is 0.443. The van der Waals surface area contributed by atoms with E-state index in [0.717, 1.165) is 5.56 Å². The van der Waals surface area contributed by atoms with Crippen LogP contribution >= 0.6 is 11.6 Å². The molecule has 0 spiro atoms. The Kier molecular flexibility index (Phi) is 5.95. The van der Waals surface area contributed by atoms with Crippen LogP contribution in [0.1, 0.15) is 22.3 Å². The first-order valence-electron chi connectivity index (χ1n) is 9.92. The van der Waals surface area contributed by atoms with Crippen molar-refractivity contribution in [3.05, 3.63) is 64.2 Å². The van der Waals surface area contributed by atoms with Gasteiger partial charge in [-0.15, -0.1) is 0 Å². The van der Waals surface area contributed by atoms with Gasteiger partial charge in [0.2, 0.25) is 0 Å². The van der Waals surface area contributed by atoms with Gasteiger partial charge in [0.05, 0.1) is 23.3 Å². The standard InChI is InChI=1S/C23H23ClN2O4/c1-29-20-9-4-6-16-14-17(15-30-21(16)20)22(27)25-10-5-11-26(13-12-25)23(28)18-7-2-3-8-19(18)24/h2-4,6-9,14H,5,10-13,15H2,1H3. The molecule has 0 unspecified atom stereocenters. The van der Waals surface area contributed by atoms with Crippen LogP contribution in [0.15, 0.2) is 48.0 Å². The molecule has 1 saturated heterocycles. The molecule has 2 amide bonds. The smallest absolute Gasteiger partial charge is 0.255 e. The van der Waals surface area contributed by atoms with Crippen molar-refractivity contribution < 1.29 is 19.1 Å². The van der Waals surface area contributed by atoms with E-state index in [-0.39, 0.29) is 18.4 Å². The minimum absolute atomic E-state index is 0.0597. The average molecular weight is 427 g/mol. The highest BCUT2D eigenvalue weighted by Gasteiger charge is 2.27. The second-order valence-corrected chi connectivity index (χ2v) is 7.66. The lowest BCUT2D eigenvalue weighted by atomic mass is 10.1. The molecule has 7 heteroatoms. The highest BCUT2D eigenvalue weighted by atomic mass is 35.5. The number of hydrogen-bond acceptors (Lipinski definition) is 4. The maximum atomic E-state index is 13.1. The Morgan fingerprint density at radius 1 is 0.967 bits per heavy atom. The third kappa shape index (κ3) is 4.00. The summed E-state index contributed by atoms with van der Waals surface area (Å²) in [5.74, 6) is 1.15. The fourth-order valence-corrected chi connectivity index (χ4v) is 4.01. The molecule has 0 saturated carbocycles. The Balaban J connectivity index is 1.46. The molecule has 30 heavy (non-hydrogen) atoms. The highest BCUT2D eigenvalue weighted by Crippen LogP contribution is 2.35. The van der Waals surface area contributed by atoms with Gasteiger partial charge in [0.25, 0.3) is 11.8 Å². The number of halogens is 1. The van der Waals surface area contributed by atoms with Crippen molar-refractivity contribution >= 4 is 29.5 Å². The molecular weight excluding hydrogens is 404 g/mol. The average Bonchev–Trinajstić information content (AvgIpc) is 3.04. The summed E-state index contributed by atoms with van der Waals surface area (Å²) in [5.41, 5.74) is 1.92. The third-order valence-corrected chi connectivity index (χ3v) is 5.71. The lowest BCUT2D eigenvalue weighted by Gasteiger charge is -2.25. The van der Waals surface area contributed by atoms with Gasteiger partial charge >= 0.3 is 0 Å². The zero-order valence-corrected chi connectivity index (χ0v) is 17.5. The Labute approximate surface area is 180 Å². The van der Waals surface area contributed by atoms with Crippen LogP contribution in [0.25, 0.3) is 6.08 Å². The van der Waals surface area contributed by atoms with Crippen molar-refractivity contribution in [3.8, 4) is 11.5 Å². The van der Waals surface area contributed by atoms with Crippen molar-refractivity contribution in [3.63, 3.8) is 0 Å². The normalized spacial score (nSPS) is 16.1. The van der Waals surface area contributed by atoms with Gasteiger partial charge in [0, 0.05) is 31.7 Å². The summed E-state index contributed by atoms with van der Waals surface area (Å²) in [4.78, 5) is 29.5. The molecule has 6 nitrogen and oxygen atoms in total. The van der Waals surface area contributed by atoms with Crippen LogP contribution in [0.3, 0.4) is 0 Å². The van der Waals surface area contributed by atoms with E-state index in [1.807, 2.05) is 24.3 Å². The molecule has 2 heterocycles. The minimum Gasteiger partial charge on any atom is -0.493 e. The molecule has 0 aromatic heterocycles. The number of benzene rings is 2. The first-order valence-corrected chi connectivity index (χ1v) is 10.3. The van der Waals surface area contributed by atoms with Gasteiger partial charge in [-0.25, -0.2) is 0 Å². The van der Waals surface area contributed by atoms with Crippen molar-refractivity contribution in [1.82, 2.24) is 9.80 Å². The van der Waals surface area contributed by atoms with E-state index in [1.165, 1.54) is 0 Å². The van der Waals surface area contributed by atoms with Gasteiger partial charge in [0.15, 0.2) is 11.5 Å². The number of ether oxygens (including phenoxy) is 2. The first kappa shape index (κ1) is 20.3. The van der Waals surface area contributed by atoms with Gasteiger partial charge in [-0.3, -0.25) is 9.59 Å². The van der Waals surface area contributed by atoms with Crippen molar-refractivity contribution in [2.75, 3.05) is 39.9 Å². The molecule has 1 fully saturated rings. The number of carbonyl (C=O) groups excluding carboxylic acids is 2. The zero-order valence-electron chi connectivity index (χ0n) is 16.8. The topological polar surface area (TPSA) is 59.1 Å². The summed E-state index contributed by atoms with van der Waals surface area (Å²) in [6.07, 6.45) is 2.57. The van der Waals surface area contributed by atoms with Crippen LogP contribution < -0.4 is 9.47 Å². The first-order chi connectivity index (χ1) is 14.6. The van der Waals surface area contributed by atoms with Crippen LogP contribution in [0.5, 0.6) is 11.5 Å². The molecule has 0 N–H and O–H groups in total. The van der Waals surface area contributed by atoms with Gasteiger partial charge < -0.3 is 19.3 Å². The minimum atomic E-state index is -0.101. The number of carbonyl (C=O) groups is 2. The number of nitrogens with zero attached hydrogens (tertiary/aromatic N) is 2. The second-order valence-electron chi connectivity index (χ2n) is 7.25. The molecule has 0 radical (unpaired) electrons. The maximum Gasteiger partial charge on any atom is 0.255 e. The lowest BCUT2D eigenvalue weighted by Crippen LogP contribution is -2.39. The molecule has 2 aromatic rings. The number of rotatable bonds is 3. The van der Waals surface area contributed by atoms with Gasteiger partial charge in [-0.05, 0) is 30.7 Å². The molecule has 0 aliphatic carbocycles. The third-order valence-electron chi connectivity index (χ3n) is 5.38. The molecule has 2 aliphatic heterocycles. The van der Waals surface area contributed by atoms with E-state index >= 15 is 0 Å². The molecule has 0 bridgehead atoms. The predicted octanol–water partition coefficient (Wildman–Crippen LogP) is 3.50. The van der Waals surface area contributed by atoms with E-state index in [4.69, 9.17) is 21.1 Å². The quantitative estimate of drug-likeness (QED) is 0.753. The van der Waals surface area contributed by atoms with E-state index < -0.39 is 0 Å². The van der Waals surface area contributed by atoms with Crippen LogP contribution in [0.2, 0.25) is 5.02 Å². The summed E-state index contributed by atoms with van der Waals surface area (Å²) in [6, 6.07) is 12.6. The van der Waals surface area contributed by atoms with E-state index in [2.05, 4.69) is 0 Å². The summed E-state index contributed by atoms with van der Waals surface area (Å²) in [7, 11) is 1.59. The Hall–Kier alpha value is -2.99. The van der Waals surface area contributed by atoms with Gasteiger partial charge in [0.1, 0.15) is 6.61 Å². The highest BCUT2D eigenvalue weighted by molar-refractivity contribution is 6.33. The zero-order chi connectivity index (χ0) is 21.1. The fraction of sp³-hybridized carbons (Fsp3) is 0.304. The number of fused-ring (bicyclic) bond motifs is 1. The molecule has 2 aromatic carbocycles. The van der Waals surface area contributed by atoms with Crippen molar-refractivity contribution in [2.45, 2.75) is 6.42 Å². The number of hydrogen-bond donors (Lipinski definition) is 0. The number of para-hydroxylation sites is 1. The second kappa shape index (κ2) is 8.79.